The number of hydrogen-bond acceptors (Lipinski definition) is 2. The molecular weight excluding hydrogens is 306 g/mol. The molecule has 0 aliphatic rings. The summed E-state index contributed by atoms with van der Waals surface area (Å²) in [6.45, 7) is 0. The summed E-state index contributed by atoms with van der Waals surface area (Å²) in [4.78, 5) is 4.89. The molecule has 0 radical (unpaired) electrons. The number of aromatic nitrogens is 1. The van der Waals surface area contributed by atoms with Gasteiger partial charge in [-0.15, -0.1) is 0 Å². The smallest absolute Gasteiger partial charge is 0.146 e. The van der Waals surface area contributed by atoms with Gasteiger partial charge in [0.2, 0.25) is 0 Å². The van der Waals surface area contributed by atoms with Gasteiger partial charge in [0.1, 0.15) is 11.2 Å². The summed E-state index contributed by atoms with van der Waals surface area (Å²) >= 11 is 0. The first-order valence-corrected chi connectivity index (χ1v) is 8.33. The van der Waals surface area contributed by atoms with Crippen LogP contribution in [-0.2, 0) is 0 Å². The van der Waals surface area contributed by atoms with E-state index in [1.54, 1.807) is 0 Å². The van der Waals surface area contributed by atoms with Gasteiger partial charge in [-0.1, -0.05) is 66.7 Å². The maximum atomic E-state index is 6.18. The Balaban J connectivity index is 1.85. The van der Waals surface area contributed by atoms with Gasteiger partial charge < -0.3 is 4.42 Å². The average molecular weight is 321 g/mol. The highest BCUT2D eigenvalue weighted by molar-refractivity contribution is 6.16. The molecule has 0 saturated carbocycles. The molecule has 5 rings (SSSR count). The van der Waals surface area contributed by atoms with E-state index in [0.29, 0.717) is 0 Å². The highest BCUT2D eigenvalue weighted by Gasteiger charge is 2.14. The number of furan rings is 1. The number of rotatable bonds is 2. The second-order valence-corrected chi connectivity index (χ2v) is 6.06. The lowest BCUT2D eigenvalue weighted by atomic mass is 10.1. The molecular formula is C23H15NO. The lowest BCUT2D eigenvalue weighted by molar-refractivity contribution is 0.672. The Bertz CT molecular complexity index is 1230. The molecule has 0 saturated heterocycles. The van der Waals surface area contributed by atoms with E-state index < -0.39 is 0 Å². The highest BCUT2D eigenvalue weighted by Crippen LogP contribution is 2.35. The molecule has 0 amide bonds. The molecule has 0 aliphatic carbocycles. The second kappa shape index (κ2) is 5.60. The number of nitrogens with zero attached hydrogens (tertiary/aromatic N) is 1. The van der Waals surface area contributed by atoms with E-state index in [4.69, 9.17) is 9.40 Å². The van der Waals surface area contributed by atoms with Crippen molar-refractivity contribution in [2.75, 3.05) is 0 Å². The molecule has 2 aromatic heterocycles. The van der Waals surface area contributed by atoms with Gasteiger partial charge in [-0.3, -0.25) is 0 Å². The summed E-state index contributed by atoms with van der Waals surface area (Å²) in [6.07, 6.45) is 4.17. The van der Waals surface area contributed by atoms with Crippen molar-refractivity contribution in [3.05, 3.63) is 90.1 Å². The highest BCUT2D eigenvalue weighted by atomic mass is 16.3. The quantitative estimate of drug-likeness (QED) is 0.381. The molecule has 5 aromatic rings. The summed E-state index contributed by atoms with van der Waals surface area (Å²) in [6, 6.07) is 26.5. The maximum absolute atomic E-state index is 6.18. The van der Waals surface area contributed by atoms with Crippen molar-refractivity contribution < 1.29 is 4.42 Å². The van der Waals surface area contributed by atoms with E-state index in [0.717, 1.165) is 44.1 Å². The largest absolute Gasteiger partial charge is 0.455 e. The van der Waals surface area contributed by atoms with Crippen LogP contribution in [0.4, 0.5) is 0 Å². The standard InChI is InChI=1S/C23H15NO/c1-2-8-16(9-3-1)14-15-20-22-18-11-5-7-13-21(18)25-23(22)17-10-4-6-12-19(17)24-20/h1-15H/b15-14+. The zero-order valence-corrected chi connectivity index (χ0v) is 13.5. The molecule has 2 nitrogen and oxygen atoms in total. The van der Waals surface area contributed by atoms with Crippen LogP contribution < -0.4 is 0 Å². The molecule has 2 heteroatoms. The fourth-order valence-electron chi connectivity index (χ4n) is 3.30. The number of benzene rings is 3. The van der Waals surface area contributed by atoms with Crippen molar-refractivity contribution in [1.29, 1.82) is 0 Å². The van der Waals surface area contributed by atoms with Gasteiger partial charge in [0.25, 0.3) is 0 Å². The summed E-state index contributed by atoms with van der Waals surface area (Å²) in [7, 11) is 0. The fourth-order valence-corrected chi connectivity index (χ4v) is 3.30. The SMILES string of the molecule is C(=C\c1nc2ccccc2c2oc3ccccc3c12)/c1ccccc1. The van der Waals surface area contributed by atoms with Gasteiger partial charge in [0.05, 0.1) is 16.6 Å². The number of fused-ring (bicyclic) bond motifs is 5. The van der Waals surface area contributed by atoms with Crippen LogP contribution in [0.1, 0.15) is 11.3 Å². The third-order valence-electron chi connectivity index (χ3n) is 4.47. The summed E-state index contributed by atoms with van der Waals surface area (Å²) < 4.78 is 6.18. The Labute approximate surface area is 145 Å². The molecule has 25 heavy (non-hydrogen) atoms. The van der Waals surface area contributed by atoms with Crippen molar-refractivity contribution in [1.82, 2.24) is 4.98 Å². The predicted molar refractivity (Wildman–Crippen MR) is 104 cm³/mol. The number of pyridine rings is 1. The minimum absolute atomic E-state index is 0.894. The van der Waals surface area contributed by atoms with Crippen LogP contribution >= 0.6 is 0 Å². The van der Waals surface area contributed by atoms with Crippen LogP contribution in [0.25, 0.3) is 45.0 Å². The number of hydrogen-bond donors (Lipinski definition) is 0. The Morgan fingerprint density at radius 2 is 1.40 bits per heavy atom. The maximum Gasteiger partial charge on any atom is 0.146 e. The molecule has 0 spiro atoms. The van der Waals surface area contributed by atoms with Crippen molar-refractivity contribution in [3.63, 3.8) is 0 Å². The van der Waals surface area contributed by atoms with Crippen molar-refractivity contribution in [2.24, 2.45) is 0 Å². The third kappa shape index (κ3) is 2.31. The molecule has 0 N–H and O–H groups in total. The minimum Gasteiger partial charge on any atom is -0.455 e. The van der Waals surface area contributed by atoms with Crippen LogP contribution in [0.15, 0.2) is 83.3 Å². The summed E-state index contributed by atoms with van der Waals surface area (Å²) in [5.74, 6) is 0. The van der Waals surface area contributed by atoms with Crippen molar-refractivity contribution in [2.45, 2.75) is 0 Å². The first kappa shape index (κ1) is 14.0. The zero-order chi connectivity index (χ0) is 16.6. The lowest BCUT2D eigenvalue weighted by Crippen LogP contribution is -1.86. The van der Waals surface area contributed by atoms with Crippen LogP contribution in [0.2, 0.25) is 0 Å². The van der Waals surface area contributed by atoms with Gasteiger partial charge in [-0.25, -0.2) is 4.98 Å². The predicted octanol–water partition coefficient (Wildman–Crippen LogP) is 6.30. The van der Waals surface area contributed by atoms with E-state index >= 15 is 0 Å². The van der Waals surface area contributed by atoms with Gasteiger partial charge in [-0.2, -0.15) is 0 Å². The Morgan fingerprint density at radius 3 is 2.28 bits per heavy atom. The molecule has 0 aliphatic heterocycles. The second-order valence-electron chi connectivity index (χ2n) is 6.06. The average Bonchev–Trinajstić information content (AvgIpc) is 3.07. The van der Waals surface area contributed by atoms with Crippen LogP contribution in [0, 0.1) is 0 Å². The fraction of sp³-hybridized carbons (Fsp3) is 0. The Morgan fingerprint density at radius 1 is 0.680 bits per heavy atom. The van der Waals surface area contributed by atoms with E-state index in [1.165, 1.54) is 0 Å². The monoisotopic (exact) mass is 321 g/mol. The normalized spacial score (nSPS) is 11.8. The minimum atomic E-state index is 0.894. The number of para-hydroxylation sites is 2. The summed E-state index contributed by atoms with van der Waals surface area (Å²) in [5, 5.41) is 3.22. The molecule has 3 aromatic carbocycles. The first-order valence-electron chi connectivity index (χ1n) is 8.33. The van der Waals surface area contributed by atoms with Gasteiger partial charge in [-0.05, 0) is 29.8 Å². The Hall–Kier alpha value is -3.39. The molecule has 0 unspecified atom stereocenters. The van der Waals surface area contributed by atoms with E-state index in [2.05, 4.69) is 36.4 Å². The van der Waals surface area contributed by atoms with Gasteiger partial charge >= 0.3 is 0 Å². The molecule has 2 heterocycles. The van der Waals surface area contributed by atoms with E-state index in [9.17, 15) is 0 Å². The van der Waals surface area contributed by atoms with Gasteiger partial charge in [0, 0.05) is 10.8 Å². The van der Waals surface area contributed by atoms with Gasteiger partial charge in [0.15, 0.2) is 0 Å². The van der Waals surface area contributed by atoms with Crippen molar-refractivity contribution >= 4 is 45.0 Å². The van der Waals surface area contributed by atoms with Crippen LogP contribution in [-0.4, -0.2) is 4.98 Å². The molecule has 0 fully saturated rings. The van der Waals surface area contributed by atoms with E-state index in [-0.39, 0.29) is 0 Å². The van der Waals surface area contributed by atoms with Crippen LogP contribution in [0.3, 0.4) is 0 Å². The lowest BCUT2D eigenvalue weighted by Gasteiger charge is -2.02. The zero-order valence-electron chi connectivity index (χ0n) is 13.5. The summed E-state index contributed by atoms with van der Waals surface area (Å²) in [5.41, 5.74) is 4.83. The molecule has 0 atom stereocenters. The van der Waals surface area contributed by atoms with Crippen LogP contribution in [0.5, 0.6) is 0 Å². The first-order chi connectivity index (χ1) is 12.4. The topological polar surface area (TPSA) is 26.0 Å². The van der Waals surface area contributed by atoms with Crippen molar-refractivity contribution in [3.8, 4) is 0 Å². The molecule has 0 bridgehead atoms. The van der Waals surface area contributed by atoms with E-state index in [1.807, 2.05) is 54.6 Å². The molecule has 118 valence electrons. The third-order valence-corrected chi connectivity index (χ3v) is 4.47. The Kier molecular flexibility index (Phi) is 3.14.